The van der Waals surface area contributed by atoms with Crippen molar-refractivity contribution in [1.29, 1.82) is 0 Å². The first-order chi connectivity index (χ1) is 15.7. The van der Waals surface area contributed by atoms with Crippen LogP contribution in [-0.4, -0.2) is 47.6 Å². The fourth-order valence-corrected chi connectivity index (χ4v) is 4.23. The lowest BCUT2D eigenvalue weighted by molar-refractivity contribution is -0.137. The average Bonchev–Trinajstić information content (AvgIpc) is 2.79. The van der Waals surface area contributed by atoms with E-state index in [0.29, 0.717) is 11.4 Å². The van der Waals surface area contributed by atoms with Gasteiger partial charge in [0.2, 0.25) is 0 Å². The number of aryl methyl sites for hydroxylation is 1. The van der Waals surface area contributed by atoms with Crippen LogP contribution in [-0.2, 0) is 6.18 Å². The predicted octanol–water partition coefficient (Wildman–Crippen LogP) is 4.85. The highest BCUT2D eigenvalue weighted by molar-refractivity contribution is 5.93. The Morgan fingerprint density at radius 3 is 2.45 bits per heavy atom. The third-order valence-electron chi connectivity index (χ3n) is 6.23. The number of rotatable bonds is 5. The van der Waals surface area contributed by atoms with Crippen LogP contribution in [0.1, 0.15) is 36.6 Å². The summed E-state index contributed by atoms with van der Waals surface area (Å²) in [4.78, 5) is 14.0. The molecule has 3 aromatic rings. The maximum Gasteiger partial charge on any atom is 0.416 e. The number of aromatic nitrogens is 2. The first-order valence-corrected chi connectivity index (χ1v) is 11.1. The van der Waals surface area contributed by atoms with E-state index in [1.807, 2.05) is 13.1 Å². The van der Waals surface area contributed by atoms with Gasteiger partial charge in [-0.3, -0.25) is 4.98 Å². The second kappa shape index (κ2) is 9.05. The van der Waals surface area contributed by atoms with E-state index in [9.17, 15) is 13.2 Å². The van der Waals surface area contributed by atoms with Gasteiger partial charge in [-0.15, -0.1) is 0 Å². The number of nitrogens with one attached hydrogen (secondary N) is 1. The van der Waals surface area contributed by atoms with Crippen LogP contribution in [0.2, 0.25) is 0 Å². The van der Waals surface area contributed by atoms with E-state index in [2.05, 4.69) is 33.1 Å². The number of hydrogen-bond acceptors (Lipinski definition) is 6. The highest BCUT2D eigenvalue weighted by atomic mass is 19.4. The molecule has 0 radical (unpaired) electrons. The van der Waals surface area contributed by atoms with Gasteiger partial charge in [0, 0.05) is 43.4 Å². The summed E-state index contributed by atoms with van der Waals surface area (Å²) in [6, 6.07) is 5.26. The standard InChI is InChI=1S/C24H29F3N6/c1-4-32-5-7-33(8-6-32)20-12-21-22(29-14-20)15(2)13-30-23(21)31-16(3)17-9-18(24(25,26)27)11-19(28)10-17/h9-14,16H,4-8,28H2,1-3H3,(H,30,31). The minimum Gasteiger partial charge on any atom is -0.399 e. The van der Waals surface area contributed by atoms with Gasteiger partial charge in [0.15, 0.2) is 0 Å². The monoisotopic (exact) mass is 458 g/mol. The fraction of sp³-hybridized carbons (Fsp3) is 0.417. The van der Waals surface area contributed by atoms with Crippen LogP contribution in [0, 0.1) is 6.92 Å². The van der Waals surface area contributed by atoms with E-state index in [1.54, 1.807) is 19.2 Å². The summed E-state index contributed by atoms with van der Waals surface area (Å²) < 4.78 is 39.8. The molecule has 6 nitrogen and oxygen atoms in total. The molecule has 0 aliphatic carbocycles. The molecule has 2 aromatic heterocycles. The van der Waals surface area contributed by atoms with E-state index in [-0.39, 0.29) is 5.69 Å². The Bertz CT molecular complexity index is 1140. The molecule has 176 valence electrons. The van der Waals surface area contributed by atoms with Gasteiger partial charge >= 0.3 is 6.18 Å². The number of nitrogens with two attached hydrogens (primary N) is 1. The minimum atomic E-state index is -4.46. The highest BCUT2D eigenvalue weighted by Crippen LogP contribution is 2.34. The first kappa shape index (κ1) is 23.1. The van der Waals surface area contributed by atoms with Crippen molar-refractivity contribution in [2.75, 3.05) is 48.7 Å². The van der Waals surface area contributed by atoms with Crippen LogP contribution >= 0.6 is 0 Å². The summed E-state index contributed by atoms with van der Waals surface area (Å²) in [5.74, 6) is 0.584. The summed E-state index contributed by atoms with van der Waals surface area (Å²) >= 11 is 0. The second-order valence-electron chi connectivity index (χ2n) is 8.55. The second-order valence-corrected chi connectivity index (χ2v) is 8.55. The van der Waals surface area contributed by atoms with Crippen LogP contribution in [0.5, 0.6) is 0 Å². The molecular weight excluding hydrogens is 429 g/mol. The molecule has 3 heterocycles. The van der Waals surface area contributed by atoms with Gasteiger partial charge in [0.1, 0.15) is 5.82 Å². The van der Waals surface area contributed by atoms with Gasteiger partial charge in [-0.2, -0.15) is 13.2 Å². The zero-order valence-electron chi connectivity index (χ0n) is 19.1. The van der Waals surface area contributed by atoms with Gasteiger partial charge < -0.3 is 20.9 Å². The maximum atomic E-state index is 13.3. The fourth-order valence-electron chi connectivity index (χ4n) is 4.23. The zero-order valence-corrected chi connectivity index (χ0v) is 19.1. The van der Waals surface area contributed by atoms with Gasteiger partial charge in [0.25, 0.3) is 0 Å². The van der Waals surface area contributed by atoms with E-state index < -0.39 is 17.8 Å². The topological polar surface area (TPSA) is 70.3 Å². The van der Waals surface area contributed by atoms with Crippen molar-refractivity contribution in [3.63, 3.8) is 0 Å². The Balaban J connectivity index is 1.65. The Hall–Kier alpha value is -3.07. The summed E-state index contributed by atoms with van der Waals surface area (Å²) in [7, 11) is 0. The number of likely N-dealkylation sites (N-methyl/N-ethyl adjacent to an activating group) is 1. The molecule has 1 fully saturated rings. The quantitative estimate of drug-likeness (QED) is 0.533. The highest BCUT2D eigenvalue weighted by Gasteiger charge is 2.31. The largest absolute Gasteiger partial charge is 0.416 e. The maximum absolute atomic E-state index is 13.3. The third kappa shape index (κ3) is 4.98. The van der Waals surface area contributed by atoms with Crippen molar-refractivity contribution in [2.45, 2.75) is 33.0 Å². The van der Waals surface area contributed by atoms with E-state index in [1.165, 1.54) is 0 Å². The molecule has 1 aliphatic rings. The molecule has 1 unspecified atom stereocenters. The number of halogens is 3. The number of fused-ring (bicyclic) bond motifs is 1. The van der Waals surface area contributed by atoms with Crippen LogP contribution < -0.4 is 16.0 Å². The van der Waals surface area contributed by atoms with Crippen molar-refractivity contribution < 1.29 is 13.2 Å². The lowest BCUT2D eigenvalue weighted by Crippen LogP contribution is -2.46. The predicted molar refractivity (Wildman–Crippen MR) is 126 cm³/mol. The van der Waals surface area contributed by atoms with E-state index in [0.717, 1.165) is 67.0 Å². The Morgan fingerprint density at radius 2 is 1.79 bits per heavy atom. The summed E-state index contributed by atoms with van der Waals surface area (Å²) in [6.07, 6.45) is -0.846. The van der Waals surface area contributed by atoms with Crippen molar-refractivity contribution in [2.24, 2.45) is 0 Å². The van der Waals surface area contributed by atoms with Gasteiger partial charge in [-0.1, -0.05) is 6.92 Å². The van der Waals surface area contributed by atoms with Crippen LogP contribution in [0.4, 0.5) is 30.4 Å². The summed E-state index contributed by atoms with van der Waals surface area (Å²) in [5, 5.41) is 4.12. The number of nitrogen functional groups attached to an aromatic ring is 1. The number of pyridine rings is 2. The molecule has 1 aromatic carbocycles. The Labute approximate surface area is 191 Å². The molecule has 4 rings (SSSR count). The SMILES string of the molecule is CCN1CCN(c2cnc3c(C)cnc(NC(C)c4cc(N)cc(C(F)(F)F)c4)c3c2)CC1. The van der Waals surface area contributed by atoms with Crippen LogP contribution in [0.25, 0.3) is 10.9 Å². The van der Waals surface area contributed by atoms with Crippen molar-refractivity contribution in [3.8, 4) is 0 Å². The Morgan fingerprint density at radius 1 is 1.06 bits per heavy atom. The number of benzene rings is 1. The molecule has 1 aliphatic heterocycles. The molecule has 0 bridgehead atoms. The molecule has 0 amide bonds. The lowest BCUT2D eigenvalue weighted by Gasteiger charge is -2.35. The number of hydrogen-bond donors (Lipinski definition) is 2. The summed E-state index contributed by atoms with van der Waals surface area (Å²) in [5.41, 5.74) is 8.29. The molecule has 3 N–H and O–H groups in total. The van der Waals surface area contributed by atoms with Crippen LogP contribution in [0.3, 0.4) is 0 Å². The smallest absolute Gasteiger partial charge is 0.399 e. The van der Waals surface area contributed by atoms with E-state index in [4.69, 9.17) is 10.7 Å². The number of anilines is 3. The molecule has 33 heavy (non-hydrogen) atoms. The first-order valence-electron chi connectivity index (χ1n) is 11.1. The summed E-state index contributed by atoms with van der Waals surface area (Å²) in [6.45, 7) is 10.8. The van der Waals surface area contributed by atoms with Crippen molar-refractivity contribution in [1.82, 2.24) is 14.9 Å². The molecule has 9 heteroatoms. The number of nitrogens with zero attached hydrogens (tertiary/aromatic N) is 4. The van der Waals surface area contributed by atoms with Gasteiger partial charge in [-0.05, 0) is 55.8 Å². The van der Waals surface area contributed by atoms with Crippen molar-refractivity contribution in [3.05, 3.63) is 53.3 Å². The third-order valence-corrected chi connectivity index (χ3v) is 6.23. The van der Waals surface area contributed by atoms with Crippen LogP contribution in [0.15, 0.2) is 36.7 Å². The number of piperazine rings is 1. The molecular formula is C24H29F3N6. The van der Waals surface area contributed by atoms with Gasteiger partial charge in [-0.25, -0.2) is 4.98 Å². The van der Waals surface area contributed by atoms with Gasteiger partial charge in [0.05, 0.1) is 29.0 Å². The molecule has 0 saturated carbocycles. The average molecular weight is 459 g/mol. The number of alkyl halides is 3. The Kier molecular flexibility index (Phi) is 6.34. The molecule has 1 saturated heterocycles. The normalized spacial score (nSPS) is 16.2. The molecule has 1 atom stereocenters. The van der Waals surface area contributed by atoms with Crippen molar-refractivity contribution >= 4 is 28.1 Å². The molecule has 0 spiro atoms. The zero-order chi connectivity index (χ0) is 23.8. The van der Waals surface area contributed by atoms with E-state index >= 15 is 0 Å². The minimum absolute atomic E-state index is 0.0744. The lowest BCUT2D eigenvalue weighted by atomic mass is 10.0.